The molecule has 0 aliphatic rings. The lowest BCUT2D eigenvalue weighted by Crippen LogP contribution is -2.30. The highest BCUT2D eigenvalue weighted by Gasteiger charge is 2.19. The summed E-state index contributed by atoms with van der Waals surface area (Å²) in [5, 5.41) is 0. The van der Waals surface area contributed by atoms with Gasteiger partial charge in [-0.2, -0.15) is 0 Å². The van der Waals surface area contributed by atoms with Gasteiger partial charge in [0.1, 0.15) is 13.2 Å². The van der Waals surface area contributed by atoms with Crippen LogP contribution in [0.2, 0.25) is 0 Å². The van der Waals surface area contributed by atoms with Gasteiger partial charge in [0.05, 0.1) is 0 Å². The molecule has 0 aliphatic carbocycles. The smallest absolute Gasteiger partial charge is 0.306 e. The van der Waals surface area contributed by atoms with E-state index in [1.54, 1.807) is 0 Å². The molecule has 0 spiro atoms. The van der Waals surface area contributed by atoms with E-state index in [4.69, 9.17) is 14.2 Å². The van der Waals surface area contributed by atoms with Crippen LogP contribution in [0.25, 0.3) is 0 Å². The molecule has 0 saturated carbocycles. The van der Waals surface area contributed by atoms with Gasteiger partial charge in [-0.3, -0.25) is 14.4 Å². The number of unbranched alkanes of at least 4 members (excludes halogenated alkanes) is 16. The SMILES string of the molecule is CC/C=C\C/C=C\C/C=C\CCCCCCCCC(=O)OCC(COC(=O)CCC/C=C\CCCCCC)OC(=O)CCCCC/C=C\C=C/CCCC. The first kappa shape index (κ1) is 50.9. The molecule has 0 aromatic carbocycles. The summed E-state index contributed by atoms with van der Waals surface area (Å²) in [5.74, 6) is -0.989. The van der Waals surface area contributed by atoms with E-state index in [2.05, 4.69) is 93.7 Å². The Kier molecular flexibility index (Phi) is 40.1. The standard InChI is InChI=1S/C48H80O6/c1-4-7-10-13-16-19-21-22-23-24-25-27-29-32-35-38-41-47(50)53-44-45(43-52-46(49)40-37-34-31-28-18-15-12-9-6-3)54-48(51)42-39-36-33-30-26-20-17-14-11-8-5-2/h7,10,14,16-17,19-20,22-23,26,28,31,45H,4-6,8-9,11-13,15,18,21,24-25,27,29-30,32-44H2,1-3H3/b10-7-,17-14-,19-16-,23-22-,26-20-,31-28-. The van der Waals surface area contributed by atoms with Crippen LogP contribution in [0.1, 0.15) is 194 Å². The lowest BCUT2D eigenvalue weighted by molar-refractivity contribution is -0.167. The Labute approximate surface area is 332 Å². The van der Waals surface area contributed by atoms with Gasteiger partial charge in [0.15, 0.2) is 6.10 Å². The Morgan fingerprint density at radius 1 is 0.407 bits per heavy atom. The minimum atomic E-state index is -0.802. The molecule has 6 nitrogen and oxygen atoms in total. The number of hydrogen-bond donors (Lipinski definition) is 0. The molecule has 0 aromatic heterocycles. The molecule has 0 amide bonds. The molecule has 0 heterocycles. The van der Waals surface area contributed by atoms with Crippen molar-refractivity contribution in [1.82, 2.24) is 0 Å². The molecule has 308 valence electrons. The van der Waals surface area contributed by atoms with E-state index in [1.165, 1.54) is 57.8 Å². The van der Waals surface area contributed by atoms with Gasteiger partial charge in [0.2, 0.25) is 0 Å². The van der Waals surface area contributed by atoms with Crippen LogP contribution in [0.4, 0.5) is 0 Å². The normalized spacial score (nSPS) is 12.7. The Bertz CT molecular complexity index is 1050. The van der Waals surface area contributed by atoms with E-state index in [1.807, 2.05) is 0 Å². The fourth-order valence-corrected chi connectivity index (χ4v) is 5.61. The lowest BCUT2D eigenvalue weighted by atomic mass is 10.1. The number of rotatable bonds is 38. The van der Waals surface area contributed by atoms with Crippen molar-refractivity contribution in [2.24, 2.45) is 0 Å². The van der Waals surface area contributed by atoms with E-state index in [0.29, 0.717) is 19.3 Å². The third kappa shape index (κ3) is 40.0. The molecule has 1 unspecified atom stereocenters. The summed E-state index contributed by atoms with van der Waals surface area (Å²) < 4.78 is 16.6. The van der Waals surface area contributed by atoms with Crippen molar-refractivity contribution in [2.75, 3.05) is 13.2 Å². The highest BCUT2D eigenvalue weighted by Crippen LogP contribution is 2.12. The maximum atomic E-state index is 12.7. The van der Waals surface area contributed by atoms with Crippen molar-refractivity contribution in [3.05, 3.63) is 72.9 Å². The minimum absolute atomic E-state index is 0.103. The van der Waals surface area contributed by atoms with Gasteiger partial charge in [-0.05, 0) is 89.9 Å². The second-order valence-corrected chi connectivity index (χ2v) is 14.2. The molecule has 0 rings (SSSR count). The van der Waals surface area contributed by atoms with Crippen LogP contribution in [0.3, 0.4) is 0 Å². The number of carbonyl (C=O) groups is 3. The van der Waals surface area contributed by atoms with Crippen molar-refractivity contribution in [1.29, 1.82) is 0 Å². The van der Waals surface area contributed by atoms with Gasteiger partial charge >= 0.3 is 17.9 Å². The number of allylic oxidation sites excluding steroid dienone is 12. The molecule has 0 aliphatic heterocycles. The van der Waals surface area contributed by atoms with Crippen molar-refractivity contribution in [3.8, 4) is 0 Å². The third-order valence-corrected chi connectivity index (χ3v) is 8.94. The predicted octanol–water partition coefficient (Wildman–Crippen LogP) is 13.9. The fraction of sp³-hybridized carbons (Fsp3) is 0.688. The van der Waals surface area contributed by atoms with E-state index >= 15 is 0 Å². The van der Waals surface area contributed by atoms with Crippen molar-refractivity contribution in [2.45, 2.75) is 200 Å². The molecule has 54 heavy (non-hydrogen) atoms. The number of carbonyl (C=O) groups excluding carboxylic acids is 3. The van der Waals surface area contributed by atoms with Crippen LogP contribution in [0, 0.1) is 0 Å². The Morgan fingerprint density at radius 2 is 0.815 bits per heavy atom. The Hall–Kier alpha value is -3.15. The van der Waals surface area contributed by atoms with Gasteiger partial charge in [-0.15, -0.1) is 0 Å². The number of hydrogen-bond acceptors (Lipinski definition) is 6. The van der Waals surface area contributed by atoms with Crippen LogP contribution in [-0.2, 0) is 28.6 Å². The third-order valence-electron chi connectivity index (χ3n) is 8.94. The van der Waals surface area contributed by atoms with E-state index in [-0.39, 0.29) is 37.5 Å². The molecule has 0 aromatic rings. The summed E-state index contributed by atoms with van der Waals surface area (Å²) in [6.07, 6.45) is 51.8. The molecule has 6 heteroatoms. The zero-order valence-electron chi connectivity index (χ0n) is 35.0. The molecule has 1 atom stereocenters. The van der Waals surface area contributed by atoms with Gasteiger partial charge in [0, 0.05) is 19.3 Å². The number of ether oxygens (including phenoxy) is 3. The van der Waals surface area contributed by atoms with Crippen LogP contribution >= 0.6 is 0 Å². The van der Waals surface area contributed by atoms with Crippen LogP contribution < -0.4 is 0 Å². The first-order chi connectivity index (χ1) is 26.5. The zero-order valence-corrected chi connectivity index (χ0v) is 35.0. The van der Waals surface area contributed by atoms with Gasteiger partial charge in [0.25, 0.3) is 0 Å². The molecule has 0 N–H and O–H groups in total. The molecule has 0 fully saturated rings. The summed E-state index contributed by atoms with van der Waals surface area (Å²) >= 11 is 0. The maximum Gasteiger partial charge on any atom is 0.306 e. The monoisotopic (exact) mass is 753 g/mol. The molecule has 0 saturated heterocycles. The zero-order chi connectivity index (χ0) is 39.4. The molecular formula is C48H80O6. The highest BCUT2D eigenvalue weighted by atomic mass is 16.6. The first-order valence-corrected chi connectivity index (χ1v) is 22.0. The quantitative estimate of drug-likeness (QED) is 0.0205. The number of esters is 3. The predicted molar refractivity (Wildman–Crippen MR) is 228 cm³/mol. The van der Waals surface area contributed by atoms with Crippen LogP contribution in [0.5, 0.6) is 0 Å². The summed E-state index contributed by atoms with van der Waals surface area (Å²) in [4.78, 5) is 37.6. The summed E-state index contributed by atoms with van der Waals surface area (Å²) in [5.41, 5.74) is 0. The lowest BCUT2D eigenvalue weighted by Gasteiger charge is -2.18. The summed E-state index contributed by atoms with van der Waals surface area (Å²) in [7, 11) is 0. The van der Waals surface area contributed by atoms with E-state index < -0.39 is 6.10 Å². The van der Waals surface area contributed by atoms with Gasteiger partial charge in [-0.1, -0.05) is 158 Å². The van der Waals surface area contributed by atoms with Crippen LogP contribution in [0.15, 0.2) is 72.9 Å². The van der Waals surface area contributed by atoms with Crippen molar-refractivity contribution in [3.63, 3.8) is 0 Å². The topological polar surface area (TPSA) is 78.9 Å². The second kappa shape index (κ2) is 42.6. The average Bonchev–Trinajstić information content (AvgIpc) is 3.17. The maximum absolute atomic E-state index is 12.7. The minimum Gasteiger partial charge on any atom is -0.462 e. The Balaban J connectivity index is 4.43. The first-order valence-electron chi connectivity index (χ1n) is 22.0. The van der Waals surface area contributed by atoms with Crippen molar-refractivity contribution < 1.29 is 28.6 Å². The largest absolute Gasteiger partial charge is 0.462 e. The average molecular weight is 753 g/mol. The van der Waals surface area contributed by atoms with E-state index in [0.717, 1.165) is 89.9 Å². The van der Waals surface area contributed by atoms with Gasteiger partial charge < -0.3 is 14.2 Å². The van der Waals surface area contributed by atoms with Gasteiger partial charge in [-0.25, -0.2) is 0 Å². The summed E-state index contributed by atoms with van der Waals surface area (Å²) in [6, 6.07) is 0. The summed E-state index contributed by atoms with van der Waals surface area (Å²) in [6.45, 7) is 6.35. The van der Waals surface area contributed by atoms with Crippen molar-refractivity contribution >= 4 is 17.9 Å². The highest BCUT2D eigenvalue weighted by molar-refractivity contribution is 5.71. The molecule has 0 bridgehead atoms. The van der Waals surface area contributed by atoms with Crippen LogP contribution in [-0.4, -0.2) is 37.2 Å². The fourth-order valence-electron chi connectivity index (χ4n) is 5.61. The molecular weight excluding hydrogens is 673 g/mol. The molecule has 0 radical (unpaired) electrons. The van der Waals surface area contributed by atoms with E-state index in [9.17, 15) is 14.4 Å². The Morgan fingerprint density at radius 3 is 1.41 bits per heavy atom. The second-order valence-electron chi connectivity index (χ2n) is 14.2.